The minimum Gasteiger partial charge on any atom is -0.480 e. The Bertz CT molecular complexity index is 827. The number of hydrogen-bond donors (Lipinski definition) is 1. The van der Waals surface area contributed by atoms with Crippen molar-refractivity contribution in [3.8, 4) is 5.75 Å². The second-order valence-electron chi connectivity index (χ2n) is 7.92. The van der Waals surface area contributed by atoms with Crippen molar-refractivity contribution in [3.05, 3.63) is 64.2 Å². The molecule has 28 heavy (non-hydrogen) atoms. The summed E-state index contributed by atoms with van der Waals surface area (Å²) in [4.78, 5) is 13.0. The Labute approximate surface area is 169 Å². The average molecular weight is 380 g/mol. The zero-order chi connectivity index (χ0) is 20.1. The lowest BCUT2D eigenvalue weighted by Gasteiger charge is -2.25. The average Bonchev–Trinajstić information content (AvgIpc) is 2.72. The summed E-state index contributed by atoms with van der Waals surface area (Å²) in [5.74, 6) is 0.761. The number of aryl methyl sites for hydroxylation is 3. The lowest BCUT2D eigenvalue weighted by molar-refractivity contribution is -0.129. The van der Waals surface area contributed by atoms with Crippen LogP contribution in [0.1, 0.15) is 73.4 Å². The molecule has 0 spiro atoms. The molecule has 0 aromatic heterocycles. The molecular weight excluding hydrogens is 346 g/mol. The van der Waals surface area contributed by atoms with Crippen LogP contribution in [0.3, 0.4) is 0 Å². The van der Waals surface area contributed by atoms with Crippen LogP contribution in [0.4, 0.5) is 0 Å². The van der Waals surface area contributed by atoms with Crippen molar-refractivity contribution in [1.82, 2.24) is 5.32 Å². The summed E-state index contributed by atoms with van der Waals surface area (Å²) in [6.45, 7) is 8.22. The number of ether oxygens (including phenoxy) is 1. The zero-order valence-electron chi connectivity index (χ0n) is 17.7. The van der Waals surface area contributed by atoms with Crippen LogP contribution in [0.5, 0.6) is 5.75 Å². The number of amides is 1. The molecule has 0 saturated carbocycles. The number of hydrogen-bond acceptors (Lipinski definition) is 2. The molecule has 3 rings (SSSR count). The molecule has 1 amide bonds. The molecule has 1 aliphatic rings. The van der Waals surface area contributed by atoms with Crippen molar-refractivity contribution < 1.29 is 9.53 Å². The highest BCUT2D eigenvalue weighted by Crippen LogP contribution is 2.27. The zero-order valence-corrected chi connectivity index (χ0v) is 17.7. The standard InChI is InChI=1S/C25H33NO2/c1-5-22(21-15-14-19-11-7-8-12-20(19)16-21)26-25(27)23(6-2)28-24-13-9-10-17(3)18(24)4/h9-10,13-16,22-23H,5-8,11-12H2,1-4H3,(H,26,27)/t22-,23+/m1/s1. The summed E-state index contributed by atoms with van der Waals surface area (Å²) in [5.41, 5.74) is 6.40. The van der Waals surface area contributed by atoms with Gasteiger partial charge in [0.2, 0.25) is 0 Å². The highest BCUT2D eigenvalue weighted by Gasteiger charge is 2.23. The molecule has 0 bridgehead atoms. The SMILES string of the molecule is CC[C@H](Oc1cccc(C)c1C)C(=O)N[C@H](CC)c1ccc2c(c1)CCCC2. The van der Waals surface area contributed by atoms with E-state index >= 15 is 0 Å². The van der Waals surface area contributed by atoms with Crippen molar-refractivity contribution >= 4 is 5.91 Å². The molecule has 0 fully saturated rings. The van der Waals surface area contributed by atoms with E-state index in [0.717, 1.165) is 24.2 Å². The largest absolute Gasteiger partial charge is 0.480 e. The fourth-order valence-corrected chi connectivity index (χ4v) is 3.98. The van der Waals surface area contributed by atoms with Crippen LogP contribution in [-0.2, 0) is 17.6 Å². The Morgan fingerprint density at radius 2 is 1.79 bits per heavy atom. The first-order valence-electron chi connectivity index (χ1n) is 10.7. The number of carbonyl (C=O) groups excluding carboxylic acids is 1. The highest BCUT2D eigenvalue weighted by atomic mass is 16.5. The van der Waals surface area contributed by atoms with Crippen LogP contribution >= 0.6 is 0 Å². The van der Waals surface area contributed by atoms with Crippen LogP contribution in [0.15, 0.2) is 36.4 Å². The Morgan fingerprint density at radius 3 is 2.50 bits per heavy atom. The first kappa shape index (κ1) is 20.4. The third-order valence-electron chi connectivity index (χ3n) is 5.99. The summed E-state index contributed by atoms with van der Waals surface area (Å²) in [6, 6.07) is 12.7. The van der Waals surface area contributed by atoms with E-state index in [2.05, 4.69) is 43.4 Å². The van der Waals surface area contributed by atoms with E-state index in [0.29, 0.717) is 6.42 Å². The van der Waals surface area contributed by atoms with E-state index < -0.39 is 6.10 Å². The molecule has 0 aliphatic heterocycles. The topological polar surface area (TPSA) is 38.3 Å². The first-order chi connectivity index (χ1) is 13.5. The highest BCUT2D eigenvalue weighted by molar-refractivity contribution is 5.81. The van der Waals surface area contributed by atoms with Gasteiger partial charge in [-0.1, -0.05) is 44.2 Å². The van der Waals surface area contributed by atoms with Crippen molar-refractivity contribution in [2.24, 2.45) is 0 Å². The van der Waals surface area contributed by atoms with Crippen molar-refractivity contribution in [3.63, 3.8) is 0 Å². The van der Waals surface area contributed by atoms with Crippen LogP contribution in [-0.4, -0.2) is 12.0 Å². The maximum atomic E-state index is 13.0. The Kier molecular flexibility index (Phi) is 6.77. The molecule has 2 aromatic carbocycles. The Balaban J connectivity index is 1.72. The molecule has 3 heteroatoms. The van der Waals surface area contributed by atoms with Gasteiger partial charge in [-0.15, -0.1) is 0 Å². The summed E-state index contributed by atoms with van der Waals surface area (Å²) in [7, 11) is 0. The Morgan fingerprint density at radius 1 is 1.04 bits per heavy atom. The number of fused-ring (bicyclic) bond motifs is 1. The van der Waals surface area contributed by atoms with Crippen molar-refractivity contribution in [1.29, 1.82) is 0 Å². The summed E-state index contributed by atoms with van der Waals surface area (Å²) in [6.07, 6.45) is 5.91. The van der Waals surface area contributed by atoms with Gasteiger partial charge in [-0.3, -0.25) is 4.79 Å². The maximum Gasteiger partial charge on any atom is 0.261 e. The van der Waals surface area contributed by atoms with Gasteiger partial charge in [-0.05, 0) is 86.3 Å². The maximum absolute atomic E-state index is 13.0. The minimum atomic E-state index is -0.479. The van der Waals surface area contributed by atoms with E-state index in [1.165, 1.54) is 41.5 Å². The Hall–Kier alpha value is -2.29. The van der Waals surface area contributed by atoms with Gasteiger partial charge in [0, 0.05) is 0 Å². The molecule has 1 N–H and O–H groups in total. The van der Waals surface area contributed by atoms with Crippen LogP contribution < -0.4 is 10.1 Å². The lowest BCUT2D eigenvalue weighted by Crippen LogP contribution is -2.40. The van der Waals surface area contributed by atoms with Gasteiger partial charge in [0.15, 0.2) is 6.10 Å². The van der Waals surface area contributed by atoms with Crippen LogP contribution in [0.2, 0.25) is 0 Å². The van der Waals surface area contributed by atoms with E-state index in [9.17, 15) is 4.79 Å². The third-order valence-corrected chi connectivity index (χ3v) is 5.99. The normalized spacial score (nSPS) is 15.4. The quantitative estimate of drug-likeness (QED) is 0.679. The predicted octanol–water partition coefficient (Wildman–Crippen LogP) is 5.61. The van der Waals surface area contributed by atoms with Gasteiger partial charge in [0.25, 0.3) is 5.91 Å². The van der Waals surface area contributed by atoms with Crippen molar-refractivity contribution in [2.45, 2.75) is 78.4 Å². The molecule has 150 valence electrons. The van der Waals surface area contributed by atoms with Crippen LogP contribution in [0.25, 0.3) is 0 Å². The fraction of sp³-hybridized carbons (Fsp3) is 0.480. The summed E-state index contributed by atoms with van der Waals surface area (Å²) < 4.78 is 6.10. The second-order valence-corrected chi connectivity index (χ2v) is 7.92. The number of carbonyl (C=O) groups is 1. The molecule has 0 radical (unpaired) electrons. The monoisotopic (exact) mass is 379 g/mol. The van der Waals surface area contributed by atoms with E-state index in [1.54, 1.807) is 0 Å². The second kappa shape index (κ2) is 9.27. The number of rotatable bonds is 7. The fourth-order valence-electron chi connectivity index (χ4n) is 3.98. The molecular formula is C25H33NO2. The molecule has 0 unspecified atom stereocenters. The molecule has 3 nitrogen and oxygen atoms in total. The summed E-state index contributed by atoms with van der Waals surface area (Å²) in [5, 5.41) is 3.23. The molecule has 1 aliphatic carbocycles. The van der Waals surface area contributed by atoms with Crippen molar-refractivity contribution in [2.75, 3.05) is 0 Å². The molecule has 2 atom stereocenters. The smallest absolute Gasteiger partial charge is 0.261 e. The lowest BCUT2D eigenvalue weighted by atomic mass is 9.88. The number of benzene rings is 2. The van der Waals surface area contributed by atoms with Gasteiger partial charge < -0.3 is 10.1 Å². The van der Waals surface area contributed by atoms with E-state index in [4.69, 9.17) is 4.74 Å². The van der Waals surface area contributed by atoms with Gasteiger partial charge in [0.05, 0.1) is 6.04 Å². The number of nitrogens with one attached hydrogen (secondary N) is 1. The van der Waals surface area contributed by atoms with Gasteiger partial charge >= 0.3 is 0 Å². The van der Waals surface area contributed by atoms with Gasteiger partial charge in [-0.25, -0.2) is 0 Å². The first-order valence-corrected chi connectivity index (χ1v) is 10.7. The van der Waals surface area contributed by atoms with Crippen LogP contribution in [0, 0.1) is 13.8 Å². The van der Waals surface area contributed by atoms with E-state index in [-0.39, 0.29) is 11.9 Å². The van der Waals surface area contributed by atoms with Gasteiger partial charge in [0.1, 0.15) is 5.75 Å². The minimum absolute atomic E-state index is 0.0241. The molecule has 2 aromatic rings. The molecule has 0 saturated heterocycles. The third kappa shape index (κ3) is 4.57. The summed E-state index contributed by atoms with van der Waals surface area (Å²) >= 11 is 0. The van der Waals surface area contributed by atoms with E-state index in [1.807, 2.05) is 26.0 Å². The van der Waals surface area contributed by atoms with Gasteiger partial charge in [-0.2, -0.15) is 0 Å². The molecule has 0 heterocycles. The predicted molar refractivity (Wildman–Crippen MR) is 115 cm³/mol.